The second kappa shape index (κ2) is 5.68. The molecule has 1 aromatic carbocycles. The van der Waals surface area contributed by atoms with Gasteiger partial charge in [-0.2, -0.15) is 0 Å². The van der Waals surface area contributed by atoms with Crippen LogP contribution in [-0.2, 0) is 3.79 Å². The van der Waals surface area contributed by atoms with Crippen molar-refractivity contribution in [3.63, 3.8) is 0 Å². The van der Waals surface area contributed by atoms with Gasteiger partial charge in [-0.15, -0.1) is 0 Å². The third-order valence-corrected chi connectivity index (χ3v) is 3.79. The number of hydrogen-bond acceptors (Lipinski definition) is 2. The fraction of sp³-hybridized carbons (Fsp3) is 0.250. The predicted molar refractivity (Wildman–Crippen MR) is 49.7 cm³/mol. The van der Waals surface area contributed by atoms with Crippen molar-refractivity contribution in [3.05, 3.63) is 30.3 Å². The van der Waals surface area contributed by atoms with E-state index < -0.39 is 0 Å². The molecule has 1 rings (SSSR count). The molecule has 3 heteroatoms. The van der Waals surface area contributed by atoms with E-state index in [1.807, 2.05) is 25.1 Å². The van der Waals surface area contributed by atoms with Gasteiger partial charge in [0.05, 0.1) is 0 Å². The van der Waals surface area contributed by atoms with Crippen molar-refractivity contribution in [2.45, 2.75) is 11.8 Å². The van der Waals surface area contributed by atoms with Crippen molar-refractivity contribution in [1.82, 2.24) is 0 Å². The topological polar surface area (TPSA) is 9.23 Å². The van der Waals surface area contributed by atoms with E-state index in [4.69, 9.17) is 3.79 Å². The van der Waals surface area contributed by atoms with E-state index in [1.54, 1.807) is 10.1 Å². The Morgan fingerprint density at radius 1 is 1.36 bits per heavy atom. The van der Waals surface area contributed by atoms with Crippen LogP contribution in [0.5, 0.6) is 0 Å². The van der Waals surface area contributed by atoms with Crippen LogP contribution >= 0.6 is 10.1 Å². The van der Waals surface area contributed by atoms with Gasteiger partial charge in [0.25, 0.3) is 0 Å². The van der Waals surface area contributed by atoms with Crippen molar-refractivity contribution < 1.29 is 3.79 Å². The summed E-state index contributed by atoms with van der Waals surface area (Å²) in [4.78, 5) is 1.30. The van der Waals surface area contributed by atoms with Gasteiger partial charge in [-0.3, -0.25) is 0 Å². The molecule has 11 heavy (non-hydrogen) atoms. The normalized spacial score (nSPS) is 9.18. The molecule has 56 valence electrons. The quantitative estimate of drug-likeness (QED) is 0.521. The predicted octanol–water partition coefficient (Wildman–Crippen LogP) is 2.35. The molecule has 0 spiro atoms. The third kappa shape index (κ3) is 3.83. The van der Waals surface area contributed by atoms with E-state index in [2.05, 4.69) is 12.1 Å². The first-order valence-corrected chi connectivity index (χ1v) is 6.35. The molecule has 0 bridgehead atoms. The zero-order valence-electron chi connectivity index (χ0n) is 6.49. The van der Waals surface area contributed by atoms with E-state index in [0.29, 0.717) is 0 Å². The van der Waals surface area contributed by atoms with Gasteiger partial charge < -0.3 is 0 Å². The first-order chi connectivity index (χ1) is 5.43. The van der Waals surface area contributed by atoms with Crippen LogP contribution in [0.1, 0.15) is 6.92 Å². The Morgan fingerprint density at radius 2 is 2.09 bits per heavy atom. The minimum atomic E-state index is 0.0780. The molecule has 0 saturated carbocycles. The summed E-state index contributed by atoms with van der Waals surface area (Å²) in [5.41, 5.74) is 0. The van der Waals surface area contributed by atoms with Crippen LogP contribution in [0, 0.1) is 0 Å². The summed E-state index contributed by atoms with van der Waals surface area (Å²) in [6.45, 7) is 2.85. The Morgan fingerprint density at radius 3 is 2.73 bits per heavy atom. The van der Waals surface area contributed by atoms with Crippen molar-refractivity contribution in [3.8, 4) is 0 Å². The van der Waals surface area contributed by atoms with Gasteiger partial charge in [0.2, 0.25) is 0 Å². The van der Waals surface area contributed by atoms with E-state index in [9.17, 15) is 0 Å². The molecule has 0 amide bonds. The summed E-state index contributed by atoms with van der Waals surface area (Å²) in [5.74, 6) is 0. The molecule has 0 unspecified atom stereocenters. The molecule has 0 N–H and O–H groups in total. The summed E-state index contributed by atoms with van der Waals surface area (Å²) in [6.07, 6.45) is 0. The van der Waals surface area contributed by atoms with Crippen LogP contribution in [0.4, 0.5) is 0 Å². The maximum absolute atomic E-state index is 5.28. The Hall–Kier alpha value is 0.0625. The van der Waals surface area contributed by atoms with Gasteiger partial charge in [-0.1, -0.05) is 0 Å². The average Bonchev–Trinajstić information content (AvgIpc) is 2.07. The van der Waals surface area contributed by atoms with Crippen LogP contribution in [0.3, 0.4) is 0 Å². The molecular weight excluding hydrogens is 171 g/mol. The minimum absolute atomic E-state index is 0.0780. The fourth-order valence-electron chi connectivity index (χ4n) is 0.657. The molecule has 1 aromatic rings. The van der Waals surface area contributed by atoms with Crippen LogP contribution in [0.15, 0.2) is 35.2 Å². The number of hydrogen-bond donors (Lipinski definition) is 0. The van der Waals surface area contributed by atoms with E-state index in [0.717, 1.165) is 6.61 Å². The molecule has 0 aliphatic rings. The molecule has 0 heterocycles. The van der Waals surface area contributed by atoms with E-state index in [1.165, 1.54) is 4.90 Å². The van der Waals surface area contributed by atoms with Crippen molar-refractivity contribution >= 4 is 24.5 Å². The van der Waals surface area contributed by atoms with Gasteiger partial charge >= 0.3 is 77.1 Å². The molecule has 0 saturated heterocycles. The summed E-state index contributed by atoms with van der Waals surface area (Å²) < 4.78 is 5.28. The van der Waals surface area contributed by atoms with Crippen molar-refractivity contribution in [2.75, 3.05) is 6.61 Å². The zero-order chi connectivity index (χ0) is 7.94. The van der Waals surface area contributed by atoms with Gasteiger partial charge in [0.1, 0.15) is 0 Å². The zero-order valence-corrected chi connectivity index (χ0v) is 8.46. The Labute approximate surface area is 77.2 Å². The average molecular weight is 181 g/mol. The summed E-state index contributed by atoms with van der Waals surface area (Å²) in [5, 5.41) is 0. The van der Waals surface area contributed by atoms with Gasteiger partial charge in [-0.25, -0.2) is 0 Å². The van der Waals surface area contributed by atoms with Crippen LogP contribution < -0.4 is 0 Å². The van der Waals surface area contributed by atoms with Crippen molar-refractivity contribution in [2.24, 2.45) is 0 Å². The second-order valence-corrected chi connectivity index (χ2v) is 4.50. The van der Waals surface area contributed by atoms with Gasteiger partial charge in [0, 0.05) is 0 Å². The Kier molecular flexibility index (Phi) is 4.73. The van der Waals surface area contributed by atoms with Crippen molar-refractivity contribution in [1.29, 1.82) is 0 Å². The maximum atomic E-state index is 5.28. The number of benzene rings is 1. The molecule has 1 nitrogen and oxygen atoms in total. The van der Waals surface area contributed by atoms with Gasteiger partial charge in [0.15, 0.2) is 0 Å². The third-order valence-electron chi connectivity index (χ3n) is 1.16. The molecule has 0 aliphatic carbocycles. The summed E-state index contributed by atoms with van der Waals surface area (Å²) in [6, 6.07) is 10.3. The molecule has 0 atom stereocenters. The number of rotatable bonds is 4. The second-order valence-electron chi connectivity index (χ2n) is 1.98. The first kappa shape index (κ1) is 9.15. The monoisotopic (exact) mass is 181 g/mol. The molecule has 0 aliphatic heterocycles. The Balaban J connectivity index is 2.28. The summed E-state index contributed by atoms with van der Waals surface area (Å²) >= 11 is 0.0780. The first-order valence-electron chi connectivity index (χ1n) is 3.58. The van der Waals surface area contributed by atoms with Crippen LogP contribution in [0.2, 0.25) is 0 Å². The molecule has 0 radical (unpaired) electrons. The van der Waals surface area contributed by atoms with Crippen LogP contribution in [0.25, 0.3) is 0 Å². The fourth-order valence-corrected chi connectivity index (χ4v) is 2.70. The SMILES string of the molecule is CC[O][Al+][S]c1ccccc1. The molecular formula is C8H10AlOS+. The molecule has 0 fully saturated rings. The van der Waals surface area contributed by atoms with Crippen LogP contribution in [-0.4, -0.2) is 21.0 Å². The van der Waals surface area contributed by atoms with E-state index >= 15 is 0 Å². The summed E-state index contributed by atoms with van der Waals surface area (Å²) in [7, 11) is 1.81. The van der Waals surface area contributed by atoms with Gasteiger partial charge in [-0.05, 0) is 0 Å². The Bertz CT molecular complexity index is 191. The molecule has 0 aromatic heterocycles. The standard InChI is InChI=1S/C6H6S.C2H5O.Al/c7-6-4-2-1-3-5-6;1-2-3;/h1-5,7H;2H2,1H3;/q;-1;+3/p-1. The van der Waals surface area contributed by atoms with E-state index in [-0.39, 0.29) is 14.4 Å².